The largest absolute Gasteiger partial charge is 0.344 e. The van der Waals surface area contributed by atoms with Gasteiger partial charge in [0.05, 0.1) is 0 Å². The third kappa shape index (κ3) is 3.34. The highest BCUT2D eigenvalue weighted by Crippen LogP contribution is 2.27. The van der Waals surface area contributed by atoms with Crippen LogP contribution in [0.25, 0.3) is 0 Å². The molecule has 3 N–H and O–H groups in total. The molecule has 1 heterocycles. The number of para-hydroxylation sites is 1. The third-order valence-corrected chi connectivity index (χ3v) is 3.99. The number of aromatic nitrogens is 1. The van der Waals surface area contributed by atoms with Crippen LogP contribution < -0.4 is 11.1 Å². The molecule has 0 fully saturated rings. The summed E-state index contributed by atoms with van der Waals surface area (Å²) in [4.78, 5) is 12.1. The number of nitrogens with zero attached hydrogens (tertiary/aromatic N) is 1. The molecule has 0 spiro atoms. The molecule has 0 aliphatic heterocycles. The molecule has 2 aromatic rings. The molecule has 4 nitrogen and oxygen atoms in total. The molecule has 1 aliphatic rings. The van der Waals surface area contributed by atoms with E-state index in [9.17, 15) is 4.79 Å². The van der Waals surface area contributed by atoms with E-state index in [1.54, 1.807) is 0 Å². The number of anilines is 1. The number of nitrogens with two attached hydrogens (primary N) is 1. The zero-order chi connectivity index (χ0) is 14.7. The van der Waals surface area contributed by atoms with Crippen molar-refractivity contribution in [2.75, 3.05) is 5.32 Å². The lowest BCUT2D eigenvalue weighted by molar-refractivity contribution is -0.116. The number of nitrogens with one attached hydrogen (secondary N) is 1. The number of rotatable bonds is 3. The first-order chi connectivity index (χ1) is 10.2. The summed E-state index contributed by atoms with van der Waals surface area (Å²) in [5, 5.41) is 2.90. The lowest BCUT2D eigenvalue weighted by Crippen LogP contribution is -2.18. The minimum atomic E-state index is -0.0140. The van der Waals surface area contributed by atoms with Crippen molar-refractivity contribution in [2.24, 2.45) is 5.73 Å². The van der Waals surface area contributed by atoms with Gasteiger partial charge in [0.1, 0.15) is 6.54 Å². The van der Waals surface area contributed by atoms with Gasteiger partial charge in [0.15, 0.2) is 0 Å². The van der Waals surface area contributed by atoms with Gasteiger partial charge in [0.2, 0.25) is 5.91 Å². The van der Waals surface area contributed by atoms with Crippen molar-refractivity contribution in [3.8, 4) is 0 Å². The Morgan fingerprint density at radius 3 is 2.86 bits per heavy atom. The van der Waals surface area contributed by atoms with Crippen LogP contribution in [0.2, 0.25) is 0 Å². The molecule has 1 aromatic heterocycles. The molecule has 1 amide bonds. The van der Waals surface area contributed by atoms with Crippen molar-refractivity contribution < 1.29 is 4.79 Å². The van der Waals surface area contributed by atoms with Gasteiger partial charge in [0.25, 0.3) is 0 Å². The molecule has 3 rings (SSSR count). The van der Waals surface area contributed by atoms with Crippen LogP contribution in [-0.4, -0.2) is 10.5 Å². The number of carbonyl (C=O) groups excluding carboxylic acids is 1. The molecule has 0 saturated heterocycles. The molecule has 1 aromatic carbocycles. The average Bonchev–Trinajstić information content (AvgIpc) is 2.79. The predicted molar refractivity (Wildman–Crippen MR) is 84.0 cm³/mol. The standard InChI is InChI=1S/C17H21N3O/c18-16-9-5-4-6-13-10-20(11-15(13)16)12-17(21)19-14-7-2-1-3-8-14/h1-3,7-8,10-11,16H,4-6,9,12,18H2,(H,19,21). The van der Waals surface area contributed by atoms with Crippen LogP contribution in [-0.2, 0) is 17.8 Å². The summed E-state index contributed by atoms with van der Waals surface area (Å²) >= 11 is 0. The topological polar surface area (TPSA) is 60.0 Å². The van der Waals surface area contributed by atoms with Gasteiger partial charge in [0, 0.05) is 24.1 Å². The summed E-state index contributed by atoms with van der Waals surface area (Å²) in [5.41, 5.74) is 9.53. The third-order valence-electron chi connectivity index (χ3n) is 3.99. The Bertz CT molecular complexity index is 618. The van der Waals surface area contributed by atoms with Crippen molar-refractivity contribution in [1.29, 1.82) is 0 Å². The van der Waals surface area contributed by atoms with Gasteiger partial charge in [-0.15, -0.1) is 0 Å². The van der Waals surface area contributed by atoms with Crippen LogP contribution in [0.5, 0.6) is 0 Å². The van der Waals surface area contributed by atoms with Crippen LogP contribution >= 0.6 is 0 Å². The first-order valence-corrected chi connectivity index (χ1v) is 7.51. The maximum atomic E-state index is 12.1. The van der Waals surface area contributed by atoms with Crippen molar-refractivity contribution in [3.05, 3.63) is 53.9 Å². The Labute approximate surface area is 125 Å². The summed E-state index contributed by atoms with van der Waals surface area (Å²) in [5.74, 6) is -0.0140. The Morgan fingerprint density at radius 2 is 2.05 bits per heavy atom. The maximum Gasteiger partial charge on any atom is 0.244 e. The maximum absolute atomic E-state index is 12.1. The van der Waals surface area contributed by atoms with Gasteiger partial charge in [-0.25, -0.2) is 0 Å². The quantitative estimate of drug-likeness (QED) is 0.851. The summed E-state index contributed by atoms with van der Waals surface area (Å²) in [7, 11) is 0. The second-order valence-corrected chi connectivity index (χ2v) is 5.68. The summed E-state index contributed by atoms with van der Waals surface area (Å²) < 4.78 is 1.95. The van der Waals surface area contributed by atoms with Gasteiger partial charge < -0.3 is 15.6 Å². The highest BCUT2D eigenvalue weighted by Gasteiger charge is 2.17. The fourth-order valence-electron chi connectivity index (χ4n) is 2.93. The number of carbonyl (C=O) groups is 1. The summed E-state index contributed by atoms with van der Waals surface area (Å²) in [6.45, 7) is 0.328. The highest BCUT2D eigenvalue weighted by atomic mass is 16.1. The molecule has 0 bridgehead atoms. The SMILES string of the molecule is NC1CCCCc2cn(CC(=O)Nc3ccccc3)cc21. The van der Waals surface area contributed by atoms with Gasteiger partial charge in [-0.05, 0) is 42.5 Å². The fraction of sp³-hybridized carbons (Fsp3) is 0.353. The molecular formula is C17H21N3O. The van der Waals surface area contributed by atoms with E-state index < -0.39 is 0 Å². The first-order valence-electron chi connectivity index (χ1n) is 7.51. The number of hydrogen-bond acceptors (Lipinski definition) is 2. The van der Waals surface area contributed by atoms with Crippen molar-refractivity contribution >= 4 is 11.6 Å². The summed E-state index contributed by atoms with van der Waals surface area (Å²) in [6.07, 6.45) is 8.58. The average molecular weight is 283 g/mol. The van der Waals surface area contributed by atoms with Gasteiger partial charge in [-0.2, -0.15) is 0 Å². The highest BCUT2D eigenvalue weighted by molar-refractivity contribution is 5.90. The molecule has 21 heavy (non-hydrogen) atoms. The van der Waals surface area contributed by atoms with Crippen molar-refractivity contribution in [3.63, 3.8) is 0 Å². The molecule has 0 radical (unpaired) electrons. The van der Waals surface area contributed by atoms with Gasteiger partial charge in [-0.1, -0.05) is 24.6 Å². The second kappa shape index (κ2) is 6.14. The van der Waals surface area contributed by atoms with Crippen LogP contribution in [0.1, 0.15) is 36.4 Å². The van der Waals surface area contributed by atoms with E-state index in [0.717, 1.165) is 18.5 Å². The van der Waals surface area contributed by atoms with Gasteiger partial charge in [-0.3, -0.25) is 4.79 Å². The minimum Gasteiger partial charge on any atom is -0.344 e. The number of benzene rings is 1. The lowest BCUT2D eigenvalue weighted by atomic mass is 10.1. The van der Waals surface area contributed by atoms with Crippen LogP contribution in [0, 0.1) is 0 Å². The van der Waals surface area contributed by atoms with Crippen LogP contribution in [0.4, 0.5) is 5.69 Å². The molecule has 1 atom stereocenters. The second-order valence-electron chi connectivity index (χ2n) is 5.68. The molecule has 1 aliphatic carbocycles. The van der Waals surface area contributed by atoms with Crippen LogP contribution in [0.15, 0.2) is 42.7 Å². The molecular weight excluding hydrogens is 262 g/mol. The Kier molecular flexibility index (Phi) is 4.06. The van der Waals surface area contributed by atoms with Crippen LogP contribution in [0.3, 0.4) is 0 Å². The molecule has 1 unspecified atom stereocenters. The first kappa shape index (κ1) is 13.9. The molecule has 110 valence electrons. The number of amides is 1. The predicted octanol–water partition coefficient (Wildman–Crippen LogP) is 2.85. The van der Waals surface area contributed by atoms with Crippen molar-refractivity contribution in [1.82, 2.24) is 4.57 Å². The fourth-order valence-corrected chi connectivity index (χ4v) is 2.93. The Balaban J connectivity index is 1.68. The van der Waals surface area contributed by atoms with Crippen molar-refractivity contribution in [2.45, 2.75) is 38.3 Å². The smallest absolute Gasteiger partial charge is 0.244 e. The number of hydrogen-bond donors (Lipinski definition) is 2. The van der Waals surface area contributed by atoms with E-state index in [4.69, 9.17) is 5.73 Å². The van der Waals surface area contributed by atoms with E-state index in [0.29, 0.717) is 6.54 Å². The summed E-state index contributed by atoms with van der Waals surface area (Å²) in [6, 6.07) is 9.64. The number of fused-ring (bicyclic) bond motifs is 1. The van der Waals surface area contributed by atoms with E-state index >= 15 is 0 Å². The zero-order valence-electron chi connectivity index (χ0n) is 12.1. The van der Waals surface area contributed by atoms with E-state index in [2.05, 4.69) is 11.5 Å². The Morgan fingerprint density at radius 1 is 1.24 bits per heavy atom. The monoisotopic (exact) mass is 283 g/mol. The lowest BCUT2D eigenvalue weighted by Gasteiger charge is -2.08. The molecule has 0 saturated carbocycles. The Hall–Kier alpha value is -2.07. The zero-order valence-corrected chi connectivity index (χ0v) is 12.1. The van der Waals surface area contributed by atoms with E-state index in [1.807, 2.05) is 41.1 Å². The van der Waals surface area contributed by atoms with Gasteiger partial charge >= 0.3 is 0 Å². The molecule has 4 heteroatoms. The van der Waals surface area contributed by atoms with E-state index in [-0.39, 0.29) is 11.9 Å². The minimum absolute atomic E-state index is 0.0140. The normalized spacial score (nSPS) is 17.9. The van der Waals surface area contributed by atoms with E-state index in [1.165, 1.54) is 24.0 Å². The number of aryl methyl sites for hydroxylation is 1.